The molecule has 3 heteroatoms. The predicted molar refractivity (Wildman–Crippen MR) is 108 cm³/mol. The zero-order chi connectivity index (χ0) is 19.5. The Morgan fingerprint density at radius 2 is 1.81 bits per heavy atom. The van der Waals surface area contributed by atoms with Crippen LogP contribution in [0.3, 0.4) is 0 Å². The van der Waals surface area contributed by atoms with Crippen LogP contribution >= 0.6 is 0 Å². The maximum Gasteiger partial charge on any atom is 0.173 e. The summed E-state index contributed by atoms with van der Waals surface area (Å²) in [5.41, 5.74) is 4.84. The standard InChI is InChI=1S/C24H32O3/c1-12(2)7-6-8-16-11-17-19-21(24(16)27-17)23(26)20(22(19)25)18-14(4)9-13(3)10-15(18)5/h9-10,12,16-17,19,21,24,26H,6-8,11H2,1-5H3/t16-,17+,19+,21-,24-/m1/s1. The van der Waals surface area contributed by atoms with Crippen LogP contribution in [0.2, 0.25) is 0 Å². The van der Waals surface area contributed by atoms with Gasteiger partial charge in [-0.25, -0.2) is 0 Å². The largest absolute Gasteiger partial charge is 0.511 e. The van der Waals surface area contributed by atoms with Gasteiger partial charge in [-0.05, 0) is 62.1 Å². The summed E-state index contributed by atoms with van der Waals surface area (Å²) in [6.07, 6.45) is 4.55. The van der Waals surface area contributed by atoms with Crippen LogP contribution in [0.1, 0.15) is 61.8 Å². The molecule has 1 aliphatic carbocycles. The van der Waals surface area contributed by atoms with Gasteiger partial charge in [0.1, 0.15) is 5.76 Å². The molecule has 4 rings (SSSR count). The molecule has 0 aromatic heterocycles. The maximum atomic E-state index is 13.3. The first-order valence-electron chi connectivity index (χ1n) is 10.5. The molecule has 3 aliphatic rings. The molecule has 5 atom stereocenters. The fraction of sp³-hybridized carbons (Fsp3) is 0.625. The molecule has 146 valence electrons. The number of fused-ring (bicyclic) bond motifs is 5. The van der Waals surface area contributed by atoms with Crippen LogP contribution < -0.4 is 0 Å². The minimum atomic E-state index is -0.175. The van der Waals surface area contributed by atoms with Gasteiger partial charge < -0.3 is 9.84 Å². The Bertz CT molecular complexity index is 781. The Labute approximate surface area is 162 Å². The van der Waals surface area contributed by atoms with Crippen LogP contribution in [-0.4, -0.2) is 23.1 Å². The molecule has 2 bridgehead atoms. The molecule has 0 amide bonds. The van der Waals surface area contributed by atoms with E-state index >= 15 is 0 Å². The van der Waals surface area contributed by atoms with E-state index in [1.807, 2.05) is 13.8 Å². The fourth-order valence-electron chi connectivity index (χ4n) is 5.86. The third-order valence-corrected chi connectivity index (χ3v) is 6.88. The number of carbonyl (C=O) groups excluding carboxylic acids is 1. The fourth-order valence-corrected chi connectivity index (χ4v) is 5.86. The van der Waals surface area contributed by atoms with Gasteiger partial charge in [-0.2, -0.15) is 0 Å². The number of aryl methyl sites for hydroxylation is 3. The Morgan fingerprint density at radius 3 is 2.44 bits per heavy atom. The van der Waals surface area contributed by atoms with Gasteiger partial charge in [-0.3, -0.25) is 4.79 Å². The first-order valence-corrected chi connectivity index (χ1v) is 10.5. The van der Waals surface area contributed by atoms with Crippen LogP contribution in [0, 0.1) is 44.4 Å². The van der Waals surface area contributed by atoms with E-state index < -0.39 is 0 Å². The predicted octanol–water partition coefficient (Wildman–Crippen LogP) is 5.31. The highest BCUT2D eigenvalue weighted by molar-refractivity contribution is 6.26. The Balaban J connectivity index is 1.63. The second-order valence-electron chi connectivity index (χ2n) is 9.41. The summed E-state index contributed by atoms with van der Waals surface area (Å²) in [6.45, 7) is 10.7. The summed E-state index contributed by atoms with van der Waals surface area (Å²) in [5.74, 6) is 1.28. The smallest absolute Gasteiger partial charge is 0.173 e. The third kappa shape index (κ3) is 2.95. The van der Waals surface area contributed by atoms with E-state index in [0.29, 0.717) is 17.3 Å². The van der Waals surface area contributed by atoms with Gasteiger partial charge in [-0.15, -0.1) is 0 Å². The zero-order valence-electron chi connectivity index (χ0n) is 17.2. The number of rotatable bonds is 5. The van der Waals surface area contributed by atoms with Crippen molar-refractivity contribution in [3.8, 4) is 0 Å². The molecule has 27 heavy (non-hydrogen) atoms. The molecule has 1 aromatic rings. The molecular formula is C24H32O3. The Kier molecular flexibility index (Phi) is 4.70. The molecule has 1 aromatic carbocycles. The monoisotopic (exact) mass is 368 g/mol. The highest BCUT2D eigenvalue weighted by Crippen LogP contribution is 2.56. The minimum Gasteiger partial charge on any atom is -0.511 e. The molecule has 0 spiro atoms. The van der Waals surface area contributed by atoms with Crippen molar-refractivity contribution in [1.82, 2.24) is 0 Å². The van der Waals surface area contributed by atoms with Crippen LogP contribution in [0.5, 0.6) is 0 Å². The van der Waals surface area contributed by atoms with Gasteiger partial charge in [0.15, 0.2) is 5.78 Å². The van der Waals surface area contributed by atoms with Gasteiger partial charge >= 0.3 is 0 Å². The van der Waals surface area contributed by atoms with E-state index in [-0.39, 0.29) is 29.8 Å². The van der Waals surface area contributed by atoms with Gasteiger partial charge in [-0.1, -0.05) is 44.4 Å². The number of ether oxygens (including phenoxy) is 1. The quantitative estimate of drug-likeness (QED) is 0.766. The van der Waals surface area contributed by atoms with Crippen molar-refractivity contribution in [1.29, 1.82) is 0 Å². The van der Waals surface area contributed by atoms with Gasteiger partial charge in [0.25, 0.3) is 0 Å². The van der Waals surface area contributed by atoms with Crippen LogP contribution in [-0.2, 0) is 9.53 Å². The van der Waals surface area contributed by atoms with Gasteiger partial charge in [0, 0.05) is 0 Å². The lowest BCUT2D eigenvalue weighted by molar-refractivity contribution is -0.118. The maximum absolute atomic E-state index is 13.3. The van der Waals surface area contributed by atoms with Crippen molar-refractivity contribution in [3.05, 3.63) is 40.1 Å². The van der Waals surface area contributed by atoms with Crippen molar-refractivity contribution < 1.29 is 14.6 Å². The van der Waals surface area contributed by atoms with Crippen LogP contribution in [0.4, 0.5) is 0 Å². The summed E-state index contributed by atoms with van der Waals surface area (Å²) in [6, 6.07) is 4.20. The van der Waals surface area contributed by atoms with Gasteiger partial charge in [0.2, 0.25) is 0 Å². The number of benzene rings is 1. The van der Waals surface area contributed by atoms with Crippen molar-refractivity contribution in [2.24, 2.45) is 23.7 Å². The molecule has 3 nitrogen and oxygen atoms in total. The van der Waals surface area contributed by atoms with Crippen LogP contribution in [0.15, 0.2) is 17.9 Å². The van der Waals surface area contributed by atoms with E-state index in [1.54, 1.807) is 0 Å². The number of ketones is 1. The van der Waals surface area contributed by atoms with Crippen molar-refractivity contribution in [2.45, 2.75) is 72.5 Å². The Hall–Kier alpha value is -1.61. The van der Waals surface area contributed by atoms with E-state index in [4.69, 9.17) is 4.74 Å². The van der Waals surface area contributed by atoms with E-state index in [9.17, 15) is 9.90 Å². The lowest BCUT2D eigenvalue weighted by atomic mass is 9.73. The molecule has 0 unspecified atom stereocenters. The van der Waals surface area contributed by atoms with Crippen molar-refractivity contribution >= 4 is 11.4 Å². The molecule has 2 heterocycles. The average molecular weight is 369 g/mol. The van der Waals surface area contributed by atoms with E-state index in [2.05, 4.69) is 32.9 Å². The van der Waals surface area contributed by atoms with E-state index in [0.717, 1.165) is 35.4 Å². The summed E-state index contributed by atoms with van der Waals surface area (Å²) in [7, 11) is 0. The number of hydrogen-bond donors (Lipinski definition) is 1. The van der Waals surface area contributed by atoms with Crippen molar-refractivity contribution in [3.63, 3.8) is 0 Å². The summed E-state index contributed by atoms with van der Waals surface area (Å²) >= 11 is 0. The molecule has 1 N–H and O–H groups in total. The number of carbonyl (C=O) groups is 1. The summed E-state index contributed by atoms with van der Waals surface area (Å²) in [4.78, 5) is 13.3. The molecule has 2 aliphatic heterocycles. The highest BCUT2D eigenvalue weighted by atomic mass is 16.5. The highest BCUT2D eigenvalue weighted by Gasteiger charge is 2.62. The molecular weight excluding hydrogens is 336 g/mol. The van der Waals surface area contributed by atoms with Crippen LogP contribution in [0.25, 0.3) is 5.57 Å². The zero-order valence-corrected chi connectivity index (χ0v) is 17.2. The van der Waals surface area contributed by atoms with E-state index in [1.165, 1.54) is 18.4 Å². The second kappa shape index (κ2) is 6.77. The molecule has 0 saturated carbocycles. The number of Topliss-reactive ketones (excluding diaryl/α,β-unsaturated/α-hetero) is 1. The lowest BCUT2D eigenvalue weighted by Gasteiger charge is -2.27. The lowest BCUT2D eigenvalue weighted by Crippen LogP contribution is -2.34. The molecule has 2 saturated heterocycles. The number of aliphatic hydroxyl groups is 1. The van der Waals surface area contributed by atoms with Crippen molar-refractivity contribution in [2.75, 3.05) is 0 Å². The average Bonchev–Trinajstić information content (AvgIpc) is 3.20. The molecule has 2 fully saturated rings. The third-order valence-electron chi connectivity index (χ3n) is 6.88. The number of hydrogen-bond acceptors (Lipinski definition) is 3. The van der Waals surface area contributed by atoms with Gasteiger partial charge in [0.05, 0.1) is 29.6 Å². The minimum absolute atomic E-state index is 0.0118. The Morgan fingerprint density at radius 1 is 1.15 bits per heavy atom. The number of allylic oxidation sites excluding steroid dienone is 1. The summed E-state index contributed by atoms with van der Waals surface area (Å²) < 4.78 is 6.20. The normalized spacial score (nSPS) is 32.1. The molecule has 0 radical (unpaired) electrons. The summed E-state index contributed by atoms with van der Waals surface area (Å²) in [5, 5.41) is 11.1. The topological polar surface area (TPSA) is 46.5 Å². The first-order chi connectivity index (χ1) is 12.8. The SMILES string of the molecule is Cc1cc(C)c(C2=C(O)[C@@H]3[C@@H]4O[C@@H](C[C@H]4CCCC(C)C)[C@@H]3C2=O)c(C)c1. The second-order valence-corrected chi connectivity index (χ2v) is 9.41. The number of aliphatic hydroxyl groups excluding tert-OH is 1. The first kappa shape index (κ1) is 18.7.